The molecule has 1 aliphatic rings. The third kappa shape index (κ3) is 1.45. The zero-order valence-electron chi connectivity index (χ0n) is 6.23. The molecule has 1 atom stereocenters. The summed E-state index contributed by atoms with van der Waals surface area (Å²) in [7, 11) is 0. The van der Waals surface area contributed by atoms with Crippen LogP contribution in [0.3, 0.4) is 0 Å². The van der Waals surface area contributed by atoms with Crippen LogP contribution in [0.1, 0.15) is 5.76 Å². The van der Waals surface area contributed by atoms with Crippen LogP contribution < -0.4 is 0 Å². The lowest BCUT2D eigenvalue weighted by molar-refractivity contribution is -0.402. The maximum Gasteiger partial charge on any atom is 0.433 e. The van der Waals surface area contributed by atoms with Crippen molar-refractivity contribution in [3.63, 3.8) is 0 Å². The van der Waals surface area contributed by atoms with Gasteiger partial charge in [0, 0.05) is 6.42 Å². The molecule has 1 aromatic rings. The van der Waals surface area contributed by atoms with Gasteiger partial charge in [0.1, 0.15) is 10.7 Å². The molecule has 1 aromatic heterocycles. The van der Waals surface area contributed by atoms with Crippen molar-refractivity contribution in [2.24, 2.45) is 0 Å². The summed E-state index contributed by atoms with van der Waals surface area (Å²) in [6.45, 7) is 0.731. The van der Waals surface area contributed by atoms with Gasteiger partial charge in [-0.3, -0.25) is 10.1 Å². The highest BCUT2D eigenvalue weighted by molar-refractivity contribution is 5.18. The van der Waals surface area contributed by atoms with E-state index in [0.717, 1.165) is 6.61 Å². The van der Waals surface area contributed by atoms with Gasteiger partial charge >= 0.3 is 5.88 Å². The number of nitro groups is 1. The van der Waals surface area contributed by atoms with Gasteiger partial charge in [-0.2, -0.15) is 0 Å². The van der Waals surface area contributed by atoms with E-state index in [1.807, 2.05) is 0 Å². The average Bonchev–Trinajstić information content (AvgIpc) is 2.66. The molecular formula is C7H7NO4. The topological polar surface area (TPSA) is 68.8 Å². The first-order valence-electron chi connectivity index (χ1n) is 3.60. The van der Waals surface area contributed by atoms with Gasteiger partial charge < -0.3 is 9.15 Å². The third-order valence-electron chi connectivity index (χ3n) is 1.66. The molecule has 0 aromatic carbocycles. The maximum atomic E-state index is 10.2. The number of nitrogens with zero attached hydrogens (tertiary/aromatic N) is 1. The highest BCUT2D eigenvalue weighted by Gasteiger charge is 2.25. The second kappa shape index (κ2) is 2.60. The van der Waals surface area contributed by atoms with Gasteiger partial charge in [0.2, 0.25) is 0 Å². The van der Waals surface area contributed by atoms with E-state index in [1.54, 1.807) is 6.07 Å². The molecule has 0 amide bonds. The van der Waals surface area contributed by atoms with Crippen LogP contribution in [-0.4, -0.2) is 17.6 Å². The van der Waals surface area contributed by atoms with E-state index in [2.05, 4.69) is 0 Å². The van der Waals surface area contributed by atoms with Gasteiger partial charge in [-0.15, -0.1) is 0 Å². The summed E-state index contributed by atoms with van der Waals surface area (Å²) in [5.41, 5.74) is 0. The zero-order chi connectivity index (χ0) is 8.55. The second-order valence-electron chi connectivity index (χ2n) is 2.66. The fourth-order valence-electron chi connectivity index (χ4n) is 0.985. The molecule has 5 nitrogen and oxygen atoms in total. The molecule has 2 rings (SSSR count). The Hall–Kier alpha value is -1.36. The third-order valence-corrected chi connectivity index (χ3v) is 1.66. The Bertz CT molecular complexity index is 302. The summed E-state index contributed by atoms with van der Waals surface area (Å²) in [5, 5.41) is 10.2. The molecule has 1 fully saturated rings. The van der Waals surface area contributed by atoms with Gasteiger partial charge in [-0.25, -0.2) is 0 Å². The van der Waals surface area contributed by atoms with E-state index in [-0.39, 0.29) is 12.0 Å². The quantitative estimate of drug-likeness (QED) is 0.386. The lowest BCUT2D eigenvalue weighted by Gasteiger charge is -1.87. The number of ether oxygens (including phenoxy) is 1. The Balaban J connectivity index is 2.06. The van der Waals surface area contributed by atoms with Crippen LogP contribution >= 0.6 is 0 Å². The number of epoxide rings is 1. The van der Waals surface area contributed by atoms with E-state index >= 15 is 0 Å². The van der Waals surface area contributed by atoms with E-state index < -0.39 is 4.92 Å². The van der Waals surface area contributed by atoms with Crippen LogP contribution in [0.25, 0.3) is 0 Å². The SMILES string of the molecule is O=[N+]([O-])c1ccc(CC2CO2)o1. The molecule has 2 heterocycles. The summed E-state index contributed by atoms with van der Waals surface area (Å²) < 4.78 is 9.87. The van der Waals surface area contributed by atoms with Crippen molar-refractivity contribution in [2.75, 3.05) is 6.61 Å². The van der Waals surface area contributed by atoms with Crippen molar-refractivity contribution < 1.29 is 14.1 Å². The van der Waals surface area contributed by atoms with Crippen molar-refractivity contribution in [1.82, 2.24) is 0 Å². The molecule has 0 saturated carbocycles. The molecule has 1 aliphatic heterocycles. The number of hydrogen-bond acceptors (Lipinski definition) is 4. The molecule has 1 saturated heterocycles. The van der Waals surface area contributed by atoms with Gasteiger partial charge in [0.15, 0.2) is 0 Å². The molecule has 0 aliphatic carbocycles. The van der Waals surface area contributed by atoms with E-state index in [9.17, 15) is 10.1 Å². The Labute approximate surface area is 68.1 Å². The van der Waals surface area contributed by atoms with Crippen LogP contribution in [0.5, 0.6) is 0 Å². The largest absolute Gasteiger partial charge is 0.433 e. The molecule has 1 unspecified atom stereocenters. The smallest absolute Gasteiger partial charge is 0.406 e. The van der Waals surface area contributed by atoms with E-state index in [4.69, 9.17) is 9.15 Å². The number of rotatable bonds is 3. The van der Waals surface area contributed by atoms with Crippen LogP contribution in [0.2, 0.25) is 0 Å². The summed E-state index contributed by atoms with van der Waals surface area (Å²) in [5.74, 6) is 0.412. The highest BCUT2D eigenvalue weighted by atomic mass is 16.6. The van der Waals surface area contributed by atoms with Crippen LogP contribution in [0, 0.1) is 10.1 Å². The molecule has 5 heteroatoms. The minimum absolute atomic E-state index is 0.203. The Kier molecular flexibility index (Phi) is 1.58. The summed E-state index contributed by atoms with van der Waals surface area (Å²) >= 11 is 0. The minimum atomic E-state index is -0.544. The monoisotopic (exact) mass is 169 g/mol. The Morgan fingerprint density at radius 3 is 2.92 bits per heavy atom. The lowest BCUT2D eigenvalue weighted by atomic mass is 10.3. The fraction of sp³-hybridized carbons (Fsp3) is 0.429. The molecule has 0 spiro atoms. The number of furan rings is 1. The normalized spacial score (nSPS) is 20.8. The Morgan fingerprint density at radius 2 is 2.42 bits per heavy atom. The standard InChI is InChI=1S/C7H7NO4/c9-8(10)7-2-1-5(12-7)3-6-4-11-6/h1-2,6H,3-4H2. The molecule has 0 N–H and O–H groups in total. The van der Waals surface area contributed by atoms with E-state index in [1.165, 1.54) is 6.07 Å². The molecule has 0 bridgehead atoms. The van der Waals surface area contributed by atoms with Crippen molar-refractivity contribution in [3.8, 4) is 0 Å². The maximum absolute atomic E-state index is 10.2. The first-order chi connectivity index (χ1) is 5.75. The van der Waals surface area contributed by atoms with Gasteiger partial charge in [0.05, 0.1) is 18.8 Å². The van der Waals surface area contributed by atoms with Gasteiger partial charge in [0.25, 0.3) is 0 Å². The molecule has 12 heavy (non-hydrogen) atoms. The molecule has 0 radical (unpaired) electrons. The summed E-state index contributed by atoms with van der Waals surface area (Å²) in [6.07, 6.45) is 0.837. The number of hydrogen-bond donors (Lipinski definition) is 0. The van der Waals surface area contributed by atoms with Crippen LogP contribution in [0.4, 0.5) is 5.88 Å². The summed E-state index contributed by atoms with van der Waals surface area (Å²) in [6, 6.07) is 2.97. The molecule has 64 valence electrons. The van der Waals surface area contributed by atoms with E-state index in [0.29, 0.717) is 12.2 Å². The first-order valence-corrected chi connectivity index (χ1v) is 3.60. The minimum Gasteiger partial charge on any atom is -0.406 e. The predicted molar refractivity (Wildman–Crippen MR) is 38.8 cm³/mol. The predicted octanol–water partition coefficient (Wildman–Crippen LogP) is 1.13. The second-order valence-corrected chi connectivity index (χ2v) is 2.66. The fourth-order valence-corrected chi connectivity index (χ4v) is 0.985. The van der Waals surface area contributed by atoms with Crippen molar-refractivity contribution in [2.45, 2.75) is 12.5 Å². The van der Waals surface area contributed by atoms with Crippen LogP contribution in [-0.2, 0) is 11.2 Å². The molecular weight excluding hydrogens is 162 g/mol. The summed E-state index contributed by atoms with van der Waals surface area (Å²) in [4.78, 5) is 9.65. The van der Waals surface area contributed by atoms with Crippen molar-refractivity contribution in [1.29, 1.82) is 0 Å². The van der Waals surface area contributed by atoms with Gasteiger partial charge in [-0.05, 0) is 6.07 Å². The first kappa shape index (κ1) is 7.30. The van der Waals surface area contributed by atoms with Gasteiger partial charge in [-0.1, -0.05) is 0 Å². The Morgan fingerprint density at radius 1 is 1.67 bits per heavy atom. The highest BCUT2D eigenvalue weighted by Crippen LogP contribution is 2.21. The lowest BCUT2D eigenvalue weighted by Crippen LogP contribution is -1.89. The van der Waals surface area contributed by atoms with Crippen molar-refractivity contribution in [3.05, 3.63) is 28.0 Å². The average molecular weight is 169 g/mol. The van der Waals surface area contributed by atoms with Crippen molar-refractivity contribution >= 4 is 5.88 Å². The van der Waals surface area contributed by atoms with Crippen LogP contribution in [0.15, 0.2) is 16.5 Å². The zero-order valence-corrected chi connectivity index (χ0v) is 6.23.